The Morgan fingerprint density at radius 2 is 2.22 bits per heavy atom. The van der Waals surface area contributed by atoms with Crippen LogP contribution in [0.15, 0.2) is 30.5 Å². The van der Waals surface area contributed by atoms with Gasteiger partial charge in [-0.05, 0) is 31.2 Å². The van der Waals surface area contributed by atoms with E-state index in [1.54, 1.807) is 30.3 Å². The van der Waals surface area contributed by atoms with Gasteiger partial charge in [0.2, 0.25) is 0 Å². The smallest absolute Gasteiger partial charge is 0.321 e. The number of carbonyl (C=O) groups is 1. The number of pyridine rings is 1. The lowest BCUT2D eigenvalue weighted by Gasteiger charge is -2.16. The predicted molar refractivity (Wildman–Crippen MR) is 73.5 cm³/mol. The highest BCUT2D eigenvalue weighted by molar-refractivity contribution is 6.03. The summed E-state index contributed by atoms with van der Waals surface area (Å²) in [7, 11) is 1.74. The number of hydrogen-bond donors (Lipinski definition) is 2. The van der Waals surface area contributed by atoms with Crippen LogP contribution in [0.25, 0.3) is 10.9 Å². The fourth-order valence-corrected chi connectivity index (χ4v) is 1.66. The summed E-state index contributed by atoms with van der Waals surface area (Å²) in [6.45, 7) is 2.57. The van der Waals surface area contributed by atoms with Crippen LogP contribution >= 0.6 is 0 Å². The Hall–Kier alpha value is -2.30. The third kappa shape index (κ3) is 2.20. The van der Waals surface area contributed by atoms with Gasteiger partial charge in [-0.1, -0.05) is 0 Å². The van der Waals surface area contributed by atoms with Crippen molar-refractivity contribution >= 4 is 28.3 Å². The van der Waals surface area contributed by atoms with Crippen molar-refractivity contribution in [3.05, 3.63) is 30.5 Å². The molecule has 2 amide bonds. The number of hydrogen-bond acceptors (Lipinski definition) is 3. The number of nitrogens with two attached hydrogens (primary N) is 1. The Morgan fingerprint density at radius 3 is 2.94 bits per heavy atom. The fraction of sp³-hybridized carbons (Fsp3) is 0.231. The number of rotatable bonds is 2. The van der Waals surface area contributed by atoms with Crippen LogP contribution in [0.5, 0.6) is 0 Å². The third-order valence-electron chi connectivity index (χ3n) is 2.86. The number of nitrogen functional groups attached to an aromatic ring is 1. The molecular formula is C13H16N4O. The SMILES string of the molecule is CCN(C)C(=O)Nc1ccc(N)c2ncccc12. The van der Waals surface area contributed by atoms with Gasteiger partial charge in [0.1, 0.15) is 0 Å². The molecule has 0 aliphatic rings. The van der Waals surface area contributed by atoms with E-state index in [9.17, 15) is 4.79 Å². The van der Waals surface area contributed by atoms with E-state index in [4.69, 9.17) is 5.73 Å². The molecule has 0 aliphatic carbocycles. The first-order valence-corrected chi connectivity index (χ1v) is 5.78. The molecule has 1 heterocycles. The maximum absolute atomic E-state index is 11.8. The van der Waals surface area contributed by atoms with Gasteiger partial charge in [-0.25, -0.2) is 4.79 Å². The molecule has 94 valence electrons. The van der Waals surface area contributed by atoms with E-state index in [0.717, 1.165) is 11.1 Å². The average molecular weight is 244 g/mol. The molecule has 0 bridgehead atoms. The highest BCUT2D eigenvalue weighted by Gasteiger charge is 2.10. The normalized spacial score (nSPS) is 10.3. The van der Waals surface area contributed by atoms with Crippen molar-refractivity contribution in [1.82, 2.24) is 9.88 Å². The fourth-order valence-electron chi connectivity index (χ4n) is 1.66. The van der Waals surface area contributed by atoms with Gasteiger partial charge in [-0.15, -0.1) is 0 Å². The van der Waals surface area contributed by atoms with Gasteiger partial charge in [0, 0.05) is 25.2 Å². The van der Waals surface area contributed by atoms with Crippen LogP contribution < -0.4 is 11.1 Å². The summed E-state index contributed by atoms with van der Waals surface area (Å²) in [6.07, 6.45) is 1.68. The van der Waals surface area contributed by atoms with Crippen molar-refractivity contribution in [2.45, 2.75) is 6.92 Å². The minimum Gasteiger partial charge on any atom is -0.397 e. The molecule has 0 saturated heterocycles. The molecule has 1 aromatic heterocycles. The van der Waals surface area contributed by atoms with Crippen molar-refractivity contribution < 1.29 is 4.79 Å². The first kappa shape index (κ1) is 12.2. The Balaban J connectivity index is 2.40. The molecular weight excluding hydrogens is 228 g/mol. The highest BCUT2D eigenvalue weighted by Crippen LogP contribution is 2.26. The average Bonchev–Trinajstić information content (AvgIpc) is 2.41. The monoisotopic (exact) mass is 244 g/mol. The molecule has 0 aliphatic heterocycles. The summed E-state index contributed by atoms with van der Waals surface area (Å²) in [5, 5.41) is 3.70. The minimum atomic E-state index is -0.146. The molecule has 0 saturated carbocycles. The number of nitrogens with zero attached hydrogens (tertiary/aromatic N) is 2. The second-order valence-corrected chi connectivity index (χ2v) is 4.05. The van der Waals surface area contributed by atoms with E-state index in [2.05, 4.69) is 10.3 Å². The van der Waals surface area contributed by atoms with E-state index in [1.807, 2.05) is 19.1 Å². The molecule has 0 unspecified atom stereocenters. The number of aromatic nitrogens is 1. The number of carbonyl (C=O) groups excluding carboxylic acids is 1. The quantitative estimate of drug-likeness (QED) is 0.796. The summed E-state index contributed by atoms with van der Waals surface area (Å²) in [4.78, 5) is 17.7. The lowest BCUT2D eigenvalue weighted by Crippen LogP contribution is -2.31. The molecule has 5 nitrogen and oxygen atoms in total. The van der Waals surface area contributed by atoms with E-state index in [-0.39, 0.29) is 6.03 Å². The van der Waals surface area contributed by atoms with Crippen LogP contribution in [0.2, 0.25) is 0 Å². The van der Waals surface area contributed by atoms with E-state index in [0.29, 0.717) is 17.7 Å². The lowest BCUT2D eigenvalue weighted by atomic mass is 10.1. The van der Waals surface area contributed by atoms with Crippen molar-refractivity contribution in [2.24, 2.45) is 0 Å². The minimum absolute atomic E-state index is 0.146. The van der Waals surface area contributed by atoms with E-state index in [1.165, 1.54) is 0 Å². The summed E-state index contributed by atoms with van der Waals surface area (Å²) >= 11 is 0. The van der Waals surface area contributed by atoms with Crippen LogP contribution in [0, 0.1) is 0 Å². The van der Waals surface area contributed by atoms with Gasteiger partial charge in [-0.3, -0.25) is 4.98 Å². The van der Waals surface area contributed by atoms with E-state index < -0.39 is 0 Å². The molecule has 1 aromatic carbocycles. The Kier molecular flexibility index (Phi) is 3.32. The third-order valence-corrected chi connectivity index (χ3v) is 2.86. The zero-order valence-electron chi connectivity index (χ0n) is 10.5. The summed E-state index contributed by atoms with van der Waals surface area (Å²) < 4.78 is 0. The van der Waals surface area contributed by atoms with Gasteiger partial charge in [0.25, 0.3) is 0 Å². The molecule has 0 radical (unpaired) electrons. The highest BCUT2D eigenvalue weighted by atomic mass is 16.2. The number of benzene rings is 1. The number of urea groups is 1. The van der Waals surface area contributed by atoms with Crippen LogP contribution in [-0.2, 0) is 0 Å². The molecule has 5 heteroatoms. The summed E-state index contributed by atoms with van der Waals surface area (Å²) in [5.41, 5.74) is 7.88. The van der Waals surface area contributed by atoms with Gasteiger partial charge in [0.05, 0.1) is 16.9 Å². The zero-order valence-corrected chi connectivity index (χ0v) is 10.5. The number of amides is 2. The van der Waals surface area contributed by atoms with Gasteiger partial charge >= 0.3 is 6.03 Å². The summed E-state index contributed by atoms with van der Waals surface area (Å²) in [6, 6.07) is 7.10. The van der Waals surface area contributed by atoms with Crippen LogP contribution in [-0.4, -0.2) is 29.5 Å². The predicted octanol–water partition coefficient (Wildman–Crippen LogP) is 2.30. The molecule has 0 atom stereocenters. The van der Waals surface area contributed by atoms with Crippen molar-refractivity contribution in [2.75, 3.05) is 24.6 Å². The van der Waals surface area contributed by atoms with E-state index >= 15 is 0 Å². The molecule has 3 N–H and O–H groups in total. The van der Waals surface area contributed by atoms with Crippen LogP contribution in [0.3, 0.4) is 0 Å². The standard InChI is InChI=1S/C13H16N4O/c1-3-17(2)13(18)16-11-7-6-10(14)12-9(11)5-4-8-15-12/h4-8H,3,14H2,1-2H3,(H,16,18). The Labute approximate surface area is 106 Å². The largest absolute Gasteiger partial charge is 0.397 e. The van der Waals surface area contributed by atoms with Crippen molar-refractivity contribution in [3.63, 3.8) is 0 Å². The van der Waals surface area contributed by atoms with Gasteiger partial charge < -0.3 is 16.0 Å². The molecule has 0 spiro atoms. The Bertz CT molecular complexity index is 582. The molecule has 2 aromatic rings. The summed E-state index contributed by atoms with van der Waals surface area (Å²) in [5.74, 6) is 0. The molecule has 2 rings (SSSR count). The molecule has 18 heavy (non-hydrogen) atoms. The topological polar surface area (TPSA) is 71.2 Å². The Morgan fingerprint density at radius 1 is 1.44 bits per heavy atom. The number of anilines is 2. The van der Waals surface area contributed by atoms with Crippen molar-refractivity contribution in [1.29, 1.82) is 0 Å². The lowest BCUT2D eigenvalue weighted by molar-refractivity contribution is 0.224. The maximum Gasteiger partial charge on any atom is 0.321 e. The van der Waals surface area contributed by atoms with Crippen LogP contribution in [0.4, 0.5) is 16.2 Å². The van der Waals surface area contributed by atoms with Gasteiger partial charge in [-0.2, -0.15) is 0 Å². The second kappa shape index (κ2) is 4.91. The second-order valence-electron chi connectivity index (χ2n) is 4.05. The zero-order chi connectivity index (χ0) is 13.1. The number of fused-ring (bicyclic) bond motifs is 1. The first-order valence-electron chi connectivity index (χ1n) is 5.78. The first-order chi connectivity index (χ1) is 8.63. The maximum atomic E-state index is 11.8. The molecule has 0 fully saturated rings. The van der Waals surface area contributed by atoms with Gasteiger partial charge in [0.15, 0.2) is 0 Å². The van der Waals surface area contributed by atoms with Crippen molar-refractivity contribution in [3.8, 4) is 0 Å². The van der Waals surface area contributed by atoms with Crippen LogP contribution in [0.1, 0.15) is 6.92 Å². The number of nitrogens with one attached hydrogen (secondary N) is 1.